The molecule has 0 aliphatic heterocycles. The highest BCUT2D eigenvalue weighted by atomic mass is 35.5. The number of fused-ring (bicyclic) bond motifs is 1. The zero-order valence-corrected chi connectivity index (χ0v) is 15.3. The number of carbonyl (C=O) groups excluding carboxylic acids is 2. The Morgan fingerprint density at radius 1 is 1.12 bits per heavy atom. The van der Waals surface area contributed by atoms with Crippen LogP contribution in [-0.4, -0.2) is 35.5 Å². The van der Waals surface area contributed by atoms with Crippen LogP contribution in [0.3, 0.4) is 0 Å². The third-order valence-electron chi connectivity index (χ3n) is 3.80. The molecule has 2 amide bonds. The van der Waals surface area contributed by atoms with E-state index < -0.39 is 5.91 Å². The van der Waals surface area contributed by atoms with Gasteiger partial charge >= 0.3 is 0 Å². The number of likely N-dealkylation sites (N-methyl/N-ethyl adjacent to an activating group) is 1. The van der Waals surface area contributed by atoms with E-state index in [2.05, 4.69) is 10.5 Å². The highest BCUT2D eigenvalue weighted by Crippen LogP contribution is 2.29. The van der Waals surface area contributed by atoms with Crippen molar-refractivity contribution in [1.82, 2.24) is 10.1 Å². The first-order valence-corrected chi connectivity index (χ1v) is 8.52. The van der Waals surface area contributed by atoms with Crippen LogP contribution in [0.25, 0.3) is 11.0 Å². The van der Waals surface area contributed by atoms with E-state index in [1.807, 2.05) is 18.2 Å². The second-order valence-corrected chi connectivity index (χ2v) is 6.51. The number of hydrogen-bond donors (Lipinski definition) is 1. The van der Waals surface area contributed by atoms with Crippen LogP contribution in [-0.2, 0) is 16.0 Å². The van der Waals surface area contributed by atoms with Crippen LogP contribution in [0.5, 0.6) is 0 Å². The summed E-state index contributed by atoms with van der Waals surface area (Å²) in [6.45, 7) is -0.143. The molecule has 3 aromatic rings. The topological polar surface area (TPSA) is 75.4 Å². The fourth-order valence-electron chi connectivity index (χ4n) is 2.44. The molecule has 0 aliphatic carbocycles. The summed E-state index contributed by atoms with van der Waals surface area (Å²) in [6, 6.07) is 12.2. The molecule has 1 N–H and O–H groups in total. The minimum atomic E-state index is -0.402. The predicted octanol–water partition coefficient (Wildman–Crippen LogP) is 3.77. The van der Waals surface area contributed by atoms with Gasteiger partial charge in [-0.2, -0.15) is 0 Å². The molecule has 0 unspecified atom stereocenters. The van der Waals surface area contributed by atoms with E-state index in [-0.39, 0.29) is 18.9 Å². The zero-order chi connectivity index (χ0) is 18.7. The highest BCUT2D eigenvalue weighted by molar-refractivity contribution is 6.39. The fraction of sp³-hybridized carbons (Fsp3) is 0.167. The molecule has 134 valence electrons. The molecule has 8 heteroatoms. The van der Waals surface area contributed by atoms with E-state index in [0.29, 0.717) is 27.0 Å². The maximum absolute atomic E-state index is 12.4. The van der Waals surface area contributed by atoms with Crippen molar-refractivity contribution in [3.8, 4) is 0 Å². The summed E-state index contributed by atoms with van der Waals surface area (Å²) in [5, 5.41) is 7.99. The molecule has 0 spiro atoms. The van der Waals surface area contributed by atoms with Crippen molar-refractivity contribution in [1.29, 1.82) is 0 Å². The average Bonchev–Trinajstić information content (AvgIpc) is 3.01. The van der Waals surface area contributed by atoms with Gasteiger partial charge in [-0.3, -0.25) is 9.59 Å². The monoisotopic (exact) mass is 391 g/mol. The molecule has 0 radical (unpaired) electrons. The van der Waals surface area contributed by atoms with Crippen molar-refractivity contribution in [3.05, 3.63) is 58.2 Å². The number of benzene rings is 2. The third kappa shape index (κ3) is 3.98. The molecule has 3 rings (SSSR count). The van der Waals surface area contributed by atoms with E-state index >= 15 is 0 Å². The van der Waals surface area contributed by atoms with Crippen LogP contribution < -0.4 is 5.32 Å². The summed E-state index contributed by atoms with van der Waals surface area (Å²) in [7, 11) is 1.54. The lowest BCUT2D eigenvalue weighted by molar-refractivity contribution is -0.132. The molecule has 0 bridgehead atoms. The Morgan fingerprint density at radius 3 is 2.54 bits per heavy atom. The number of carbonyl (C=O) groups is 2. The van der Waals surface area contributed by atoms with Crippen LogP contribution in [0.2, 0.25) is 10.0 Å². The number of para-hydroxylation sites is 2. The third-order valence-corrected chi connectivity index (χ3v) is 4.43. The first kappa shape index (κ1) is 18.2. The summed E-state index contributed by atoms with van der Waals surface area (Å²) in [5.41, 5.74) is 1.47. The number of nitrogens with zero attached hydrogens (tertiary/aromatic N) is 2. The molecule has 2 aromatic carbocycles. The highest BCUT2D eigenvalue weighted by Gasteiger charge is 2.18. The quantitative estimate of drug-likeness (QED) is 0.717. The molecule has 1 aromatic heterocycles. The maximum atomic E-state index is 12.4. The molecule has 0 fully saturated rings. The predicted molar refractivity (Wildman–Crippen MR) is 100 cm³/mol. The molecule has 0 saturated carbocycles. The van der Waals surface area contributed by atoms with Crippen molar-refractivity contribution in [3.63, 3.8) is 0 Å². The average molecular weight is 392 g/mol. The minimum Gasteiger partial charge on any atom is -0.356 e. The Hall–Kier alpha value is -2.57. The van der Waals surface area contributed by atoms with Gasteiger partial charge in [0.15, 0.2) is 5.58 Å². The summed E-state index contributed by atoms with van der Waals surface area (Å²) in [5.74, 6) is -0.662. The van der Waals surface area contributed by atoms with E-state index in [4.69, 9.17) is 27.7 Å². The summed E-state index contributed by atoms with van der Waals surface area (Å²) >= 11 is 12.0. The Kier molecular flexibility index (Phi) is 5.44. The summed E-state index contributed by atoms with van der Waals surface area (Å²) < 4.78 is 5.19. The summed E-state index contributed by atoms with van der Waals surface area (Å²) in [4.78, 5) is 25.9. The van der Waals surface area contributed by atoms with Gasteiger partial charge < -0.3 is 14.7 Å². The van der Waals surface area contributed by atoms with E-state index in [0.717, 1.165) is 5.39 Å². The standard InChI is InChI=1S/C18H15Cl2N3O3/c1-23(10-16(24)21-18-12(19)6-4-7-13(18)20)17(25)9-14-11-5-2-3-8-15(11)26-22-14/h2-8H,9-10H2,1H3,(H,21,24). The molecule has 6 nitrogen and oxygen atoms in total. The normalized spacial score (nSPS) is 10.7. The molecule has 1 heterocycles. The number of hydrogen-bond acceptors (Lipinski definition) is 4. The van der Waals surface area contributed by atoms with E-state index in [1.54, 1.807) is 31.3 Å². The van der Waals surface area contributed by atoms with Gasteiger partial charge in [-0.15, -0.1) is 0 Å². The van der Waals surface area contributed by atoms with Crippen LogP contribution in [0.1, 0.15) is 5.69 Å². The van der Waals surface area contributed by atoms with Gasteiger partial charge in [0.05, 0.1) is 28.7 Å². The van der Waals surface area contributed by atoms with Crippen molar-refractivity contribution < 1.29 is 14.1 Å². The first-order valence-electron chi connectivity index (χ1n) is 7.77. The van der Waals surface area contributed by atoms with Crippen molar-refractivity contribution in [2.24, 2.45) is 0 Å². The zero-order valence-electron chi connectivity index (χ0n) is 13.8. The fourth-order valence-corrected chi connectivity index (χ4v) is 2.94. The van der Waals surface area contributed by atoms with Crippen molar-refractivity contribution in [2.75, 3.05) is 18.9 Å². The Morgan fingerprint density at radius 2 is 1.81 bits per heavy atom. The second-order valence-electron chi connectivity index (χ2n) is 5.70. The van der Waals surface area contributed by atoms with E-state index in [9.17, 15) is 9.59 Å². The largest absolute Gasteiger partial charge is 0.356 e. The molecule has 26 heavy (non-hydrogen) atoms. The molecular formula is C18H15Cl2N3O3. The smallest absolute Gasteiger partial charge is 0.244 e. The lowest BCUT2D eigenvalue weighted by Crippen LogP contribution is -2.36. The number of anilines is 1. The number of nitrogens with one attached hydrogen (secondary N) is 1. The second kappa shape index (κ2) is 7.76. The molecule has 0 aliphatic rings. The van der Waals surface area contributed by atoms with Gasteiger partial charge in [-0.05, 0) is 24.3 Å². The van der Waals surface area contributed by atoms with Crippen molar-refractivity contribution in [2.45, 2.75) is 6.42 Å². The minimum absolute atomic E-state index is 0.0354. The molecule has 0 saturated heterocycles. The number of amides is 2. The lowest BCUT2D eigenvalue weighted by Gasteiger charge is -2.17. The maximum Gasteiger partial charge on any atom is 0.244 e. The van der Waals surface area contributed by atoms with Gasteiger partial charge in [0, 0.05) is 12.4 Å². The van der Waals surface area contributed by atoms with Gasteiger partial charge in [-0.25, -0.2) is 0 Å². The van der Waals surface area contributed by atoms with Crippen LogP contribution in [0.4, 0.5) is 5.69 Å². The molecular weight excluding hydrogens is 377 g/mol. The van der Waals surface area contributed by atoms with Gasteiger partial charge in [-0.1, -0.05) is 46.6 Å². The van der Waals surface area contributed by atoms with Crippen LogP contribution >= 0.6 is 23.2 Å². The van der Waals surface area contributed by atoms with Crippen molar-refractivity contribution >= 4 is 51.7 Å². The first-order chi connectivity index (χ1) is 12.5. The van der Waals surface area contributed by atoms with Crippen LogP contribution in [0.15, 0.2) is 47.0 Å². The number of aromatic nitrogens is 1. The SMILES string of the molecule is CN(CC(=O)Nc1c(Cl)cccc1Cl)C(=O)Cc1noc2ccccc12. The van der Waals surface area contributed by atoms with Gasteiger partial charge in [0.2, 0.25) is 11.8 Å². The Bertz CT molecular complexity index is 951. The van der Waals surface area contributed by atoms with E-state index in [1.165, 1.54) is 4.90 Å². The Labute approximate surface area is 159 Å². The Balaban J connectivity index is 1.63. The number of halogens is 2. The van der Waals surface area contributed by atoms with Gasteiger partial charge in [0.25, 0.3) is 0 Å². The lowest BCUT2D eigenvalue weighted by atomic mass is 10.1. The van der Waals surface area contributed by atoms with Crippen LogP contribution in [0, 0.1) is 0 Å². The number of rotatable bonds is 5. The molecule has 0 atom stereocenters. The summed E-state index contributed by atoms with van der Waals surface area (Å²) in [6.07, 6.45) is 0.0354. The van der Waals surface area contributed by atoms with Gasteiger partial charge in [0.1, 0.15) is 5.69 Å².